The van der Waals surface area contributed by atoms with E-state index in [4.69, 9.17) is 0 Å². The molecule has 2 rings (SSSR count). The van der Waals surface area contributed by atoms with Crippen LogP contribution in [0.2, 0.25) is 0 Å². The van der Waals surface area contributed by atoms with Gasteiger partial charge in [0.05, 0.1) is 0 Å². The van der Waals surface area contributed by atoms with Gasteiger partial charge in [-0.25, -0.2) is 0 Å². The van der Waals surface area contributed by atoms with Gasteiger partial charge in [0, 0.05) is 19.6 Å². The Labute approximate surface area is 128 Å². The Balaban J connectivity index is 1.98. The molecular formula is C16H24N2O2S. The van der Waals surface area contributed by atoms with Gasteiger partial charge in [0.25, 0.3) is 10.2 Å². The summed E-state index contributed by atoms with van der Waals surface area (Å²) in [7, 11) is -1.86. The van der Waals surface area contributed by atoms with Crippen LogP contribution in [-0.2, 0) is 16.8 Å². The molecule has 5 heteroatoms. The smallest absolute Gasteiger partial charge is 0.195 e. The van der Waals surface area contributed by atoms with Gasteiger partial charge in [-0.1, -0.05) is 42.0 Å². The highest BCUT2D eigenvalue weighted by Crippen LogP contribution is 2.20. The highest BCUT2D eigenvalue weighted by atomic mass is 32.2. The second kappa shape index (κ2) is 7.20. The molecule has 1 unspecified atom stereocenters. The maximum absolute atomic E-state index is 12.4. The first-order valence-corrected chi connectivity index (χ1v) is 8.89. The van der Waals surface area contributed by atoms with Crippen molar-refractivity contribution >= 4 is 10.2 Å². The predicted molar refractivity (Wildman–Crippen MR) is 86.0 cm³/mol. The number of allylic oxidation sites excluding steroid dienone is 1. The molecule has 0 saturated carbocycles. The zero-order valence-corrected chi connectivity index (χ0v) is 13.6. The Hall–Kier alpha value is -1.17. The number of rotatable bonds is 6. The number of hydrogen-bond donors (Lipinski definition) is 1. The number of nitrogens with one attached hydrogen (secondary N) is 1. The average Bonchev–Trinajstić information content (AvgIpc) is 2.48. The van der Waals surface area contributed by atoms with Gasteiger partial charge < -0.3 is 0 Å². The topological polar surface area (TPSA) is 49.4 Å². The monoisotopic (exact) mass is 308 g/mol. The largest absolute Gasteiger partial charge is 0.280 e. The highest BCUT2D eigenvalue weighted by molar-refractivity contribution is 7.87. The molecule has 0 saturated heterocycles. The third kappa shape index (κ3) is 4.66. The first-order valence-electron chi connectivity index (χ1n) is 7.45. The van der Waals surface area contributed by atoms with Crippen LogP contribution in [-0.4, -0.2) is 25.8 Å². The van der Waals surface area contributed by atoms with Gasteiger partial charge in [0.2, 0.25) is 0 Å². The maximum atomic E-state index is 12.4. The average molecular weight is 308 g/mol. The third-order valence-corrected chi connectivity index (χ3v) is 5.47. The van der Waals surface area contributed by atoms with Gasteiger partial charge >= 0.3 is 0 Å². The lowest BCUT2D eigenvalue weighted by atomic mass is 9.95. The van der Waals surface area contributed by atoms with Gasteiger partial charge in [0.15, 0.2) is 0 Å². The van der Waals surface area contributed by atoms with Crippen molar-refractivity contribution in [2.45, 2.75) is 45.2 Å². The molecule has 1 aliphatic carbocycles. The lowest BCUT2D eigenvalue weighted by molar-refractivity contribution is 0.448. The van der Waals surface area contributed by atoms with E-state index in [1.807, 2.05) is 37.3 Å². The fraction of sp³-hybridized carbons (Fsp3) is 0.500. The zero-order valence-electron chi connectivity index (χ0n) is 12.7. The van der Waals surface area contributed by atoms with E-state index in [0.29, 0.717) is 6.54 Å². The van der Waals surface area contributed by atoms with Gasteiger partial charge in [-0.3, -0.25) is 0 Å². The highest BCUT2D eigenvalue weighted by Gasteiger charge is 2.22. The molecule has 0 fully saturated rings. The van der Waals surface area contributed by atoms with Crippen molar-refractivity contribution < 1.29 is 8.42 Å². The van der Waals surface area contributed by atoms with Crippen LogP contribution in [0.25, 0.3) is 0 Å². The fourth-order valence-corrected chi connectivity index (χ4v) is 3.67. The lowest BCUT2D eigenvalue weighted by Crippen LogP contribution is -2.43. The molecule has 4 nitrogen and oxygen atoms in total. The van der Waals surface area contributed by atoms with Crippen molar-refractivity contribution in [2.75, 3.05) is 7.05 Å². The van der Waals surface area contributed by atoms with Gasteiger partial charge in [-0.05, 0) is 38.2 Å². The van der Waals surface area contributed by atoms with E-state index in [0.717, 1.165) is 24.8 Å². The molecular weight excluding hydrogens is 284 g/mol. The molecule has 1 aliphatic rings. The van der Waals surface area contributed by atoms with E-state index in [1.54, 1.807) is 7.05 Å². The van der Waals surface area contributed by atoms with Crippen molar-refractivity contribution in [1.82, 2.24) is 9.03 Å². The van der Waals surface area contributed by atoms with Gasteiger partial charge in [-0.2, -0.15) is 17.4 Å². The predicted octanol–water partition coefficient (Wildman–Crippen LogP) is 2.84. The molecule has 1 atom stereocenters. The van der Waals surface area contributed by atoms with E-state index < -0.39 is 10.2 Å². The summed E-state index contributed by atoms with van der Waals surface area (Å²) < 4.78 is 28.9. The number of benzene rings is 1. The summed E-state index contributed by atoms with van der Waals surface area (Å²) in [6.07, 6.45) is 6.58. The molecule has 1 aromatic carbocycles. The lowest BCUT2D eigenvalue weighted by Gasteiger charge is -2.24. The Morgan fingerprint density at radius 2 is 1.95 bits per heavy atom. The zero-order chi connectivity index (χ0) is 15.3. The van der Waals surface area contributed by atoms with E-state index in [-0.39, 0.29) is 6.04 Å². The van der Waals surface area contributed by atoms with Crippen molar-refractivity contribution in [2.24, 2.45) is 0 Å². The SMILES string of the molecule is CC(NS(=O)(=O)N(C)Cc1ccccc1)C1=CCCCC1. The molecule has 0 aliphatic heterocycles. The van der Waals surface area contributed by atoms with Crippen LogP contribution in [0, 0.1) is 0 Å². The van der Waals surface area contributed by atoms with Gasteiger partial charge in [0.1, 0.15) is 0 Å². The molecule has 0 spiro atoms. The third-order valence-electron chi connectivity index (χ3n) is 3.87. The van der Waals surface area contributed by atoms with Crippen molar-refractivity contribution in [1.29, 1.82) is 0 Å². The normalized spacial score (nSPS) is 17.6. The molecule has 1 N–H and O–H groups in total. The number of nitrogens with zero attached hydrogens (tertiary/aromatic N) is 1. The van der Waals surface area contributed by atoms with E-state index in [1.165, 1.54) is 16.3 Å². The van der Waals surface area contributed by atoms with Crippen LogP contribution in [0.5, 0.6) is 0 Å². The summed E-state index contributed by atoms with van der Waals surface area (Å²) in [5.74, 6) is 0. The van der Waals surface area contributed by atoms with Crippen molar-refractivity contribution in [3.8, 4) is 0 Å². The summed E-state index contributed by atoms with van der Waals surface area (Å²) in [4.78, 5) is 0. The Kier molecular flexibility index (Phi) is 5.56. The van der Waals surface area contributed by atoms with Crippen LogP contribution in [0.15, 0.2) is 42.0 Å². The summed E-state index contributed by atoms with van der Waals surface area (Å²) in [6.45, 7) is 2.30. The Bertz CT molecular complexity index is 582. The van der Waals surface area contributed by atoms with E-state index in [9.17, 15) is 8.42 Å². The first kappa shape index (κ1) is 16.2. The molecule has 0 radical (unpaired) electrons. The molecule has 116 valence electrons. The molecule has 1 aromatic rings. The minimum Gasteiger partial charge on any atom is -0.195 e. The fourth-order valence-electron chi connectivity index (χ4n) is 2.57. The van der Waals surface area contributed by atoms with Crippen molar-refractivity contribution in [3.05, 3.63) is 47.5 Å². The second-order valence-corrected chi connectivity index (χ2v) is 7.42. The Morgan fingerprint density at radius 3 is 2.57 bits per heavy atom. The minimum atomic E-state index is -3.46. The standard InChI is InChI=1S/C16H24N2O2S/c1-14(16-11-7-4-8-12-16)17-21(19,20)18(2)13-15-9-5-3-6-10-15/h3,5-6,9-11,14,17H,4,7-8,12-13H2,1-2H3. The molecule has 0 bridgehead atoms. The summed E-state index contributed by atoms with van der Waals surface area (Å²) in [5, 5.41) is 0. The second-order valence-electron chi connectivity index (χ2n) is 5.61. The van der Waals surface area contributed by atoms with Crippen LogP contribution in [0.1, 0.15) is 38.2 Å². The van der Waals surface area contributed by atoms with Crippen molar-refractivity contribution in [3.63, 3.8) is 0 Å². The number of hydrogen-bond acceptors (Lipinski definition) is 2. The van der Waals surface area contributed by atoms with Crippen LogP contribution in [0.3, 0.4) is 0 Å². The van der Waals surface area contributed by atoms with E-state index >= 15 is 0 Å². The van der Waals surface area contributed by atoms with Crippen LogP contribution >= 0.6 is 0 Å². The summed E-state index contributed by atoms with van der Waals surface area (Å²) in [6, 6.07) is 9.48. The molecule has 0 heterocycles. The quantitative estimate of drug-likeness (QED) is 0.822. The minimum absolute atomic E-state index is 0.131. The first-order chi connectivity index (χ1) is 9.99. The van der Waals surface area contributed by atoms with E-state index in [2.05, 4.69) is 10.8 Å². The maximum Gasteiger partial charge on any atom is 0.280 e. The molecule has 0 aromatic heterocycles. The van der Waals surface area contributed by atoms with Crippen LogP contribution < -0.4 is 4.72 Å². The summed E-state index contributed by atoms with van der Waals surface area (Å²) in [5.41, 5.74) is 2.19. The molecule has 0 amide bonds. The molecule has 21 heavy (non-hydrogen) atoms. The Morgan fingerprint density at radius 1 is 1.24 bits per heavy atom. The van der Waals surface area contributed by atoms with Crippen LogP contribution in [0.4, 0.5) is 0 Å². The van der Waals surface area contributed by atoms with Gasteiger partial charge in [-0.15, -0.1) is 0 Å². The summed E-state index contributed by atoms with van der Waals surface area (Å²) >= 11 is 0.